The first-order chi connectivity index (χ1) is 12.8. The summed E-state index contributed by atoms with van der Waals surface area (Å²) >= 11 is 5.82. The Labute approximate surface area is 159 Å². The van der Waals surface area contributed by atoms with Gasteiger partial charge >= 0.3 is 0 Å². The zero-order valence-electron chi connectivity index (χ0n) is 15.2. The fraction of sp³-hybridized carbons (Fsp3) is 0.375. The first-order valence-corrected chi connectivity index (χ1v) is 8.56. The molecule has 0 fully saturated rings. The summed E-state index contributed by atoms with van der Waals surface area (Å²) in [5.74, 6) is 1.54. The maximum absolute atomic E-state index is 5.98. The number of hydrogen-bond donors (Lipinski definition) is 0. The van der Waals surface area contributed by atoms with Gasteiger partial charge in [0.15, 0.2) is 17.2 Å². The molecule has 0 radical (unpaired) electrons. The first-order valence-electron chi connectivity index (χ1n) is 8.18. The smallest absolute Gasteiger partial charge is 0.236 e. The molecule has 0 saturated heterocycles. The number of aromatic nitrogens is 8. The molecule has 0 aliphatic rings. The Morgan fingerprint density at radius 3 is 2.67 bits per heavy atom. The van der Waals surface area contributed by atoms with Gasteiger partial charge in [-0.1, -0.05) is 25.9 Å². The van der Waals surface area contributed by atoms with E-state index in [0.29, 0.717) is 28.9 Å². The van der Waals surface area contributed by atoms with Gasteiger partial charge in [0.25, 0.3) is 0 Å². The van der Waals surface area contributed by atoms with Crippen LogP contribution in [-0.2, 0) is 19.1 Å². The van der Waals surface area contributed by atoms with Gasteiger partial charge in [-0.15, -0.1) is 15.3 Å². The van der Waals surface area contributed by atoms with E-state index in [4.69, 9.17) is 20.9 Å². The molecule has 4 heterocycles. The molecular weight excluding hydrogens is 372 g/mol. The molecule has 0 unspecified atom stereocenters. The lowest BCUT2D eigenvalue weighted by atomic mass is 9.88. The monoisotopic (exact) mass is 388 g/mol. The first kappa shape index (κ1) is 17.4. The van der Waals surface area contributed by atoms with Crippen LogP contribution in [0.5, 0.6) is 5.88 Å². The van der Waals surface area contributed by atoms with Crippen LogP contribution < -0.4 is 4.74 Å². The average molecular weight is 389 g/mol. The normalized spacial score (nSPS) is 12.0. The summed E-state index contributed by atoms with van der Waals surface area (Å²) in [4.78, 5) is 4.17. The topological polar surface area (TPSA) is 109 Å². The van der Waals surface area contributed by atoms with Crippen LogP contribution >= 0.6 is 11.6 Å². The number of halogens is 1. The Hall–Kier alpha value is -3.01. The minimum atomic E-state index is -0.215. The van der Waals surface area contributed by atoms with Crippen LogP contribution in [0.2, 0.25) is 5.22 Å². The highest BCUT2D eigenvalue weighted by molar-refractivity contribution is 6.29. The quantitative estimate of drug-likeness (QED) is 0.524. The zero-order chi connectivity index (χ0) is 19.2. The van der Waals surface area contributed by atoms with Crippen molar-refractivity contribution in [3.05, 3.63) is 35.1 Å². The van der Waals surface area contributed by atoms with E-state index >= 15 is 0 Å². The van der Waals surface area contributed by atoms with Crippen LogP contribution in [0.1, 0.15) is 32.2 Å². The highest BCUT2D eigenvalue weighted by atomic mass is 35.5. The Morgan fingerprint density at radius 2 is 2.04 bits per heavy atom. The molecular formula is C16H17ClN8O2. The van der Waals surface area contributed by atoms with E-state index < -0.39 is 0 Å². The fourth-order valence-electron chi connectivity index (χ4n) is 2.56. The Bertz CT molecular complexity index is 1110. The molecule has 140 valence electrons. The zero-order valence-corrected chi connectivity index (χ0v) is 16.0. The van der Waals surface area contributed by atoms with Gasteiger partial charge in [-0.3, -0.25) is 4.68 Å². The largest absolute Gasteiger partial charge is 0.468 e. The molecule has 0 atom stereocenters. The van der Waals surface area contributed by atoms with Crippen molar-refractivity contribution in [2.24, 2.45) is 7.05 Å². The van der Waals surface area contributed by atoms with Gasteiger partial charge in [0.1, 0.15) is 12.9 Å². The van der Waals surface area contributed by atoms with Gasteiger partial charge in [-0.25, -0.2) is 4.98 Å². The van der Waals surface area contributed by atoms with E-state index in [9.17, 15) is 0 Å². The number of rotatable bonds is 4. The molecule has 4 aromatic rings. The second kappa shape index (κ2) is 6.31. The number of aryl methyl sites for hydroxylation is 1. The predicted octanol–water partition coefficient (Wildman–Crippen LogP) is 2.44. The van der Waals surface area contributed by atoms with E-state index in [1.54, 1.807) is 22.3 Å². The van der Waals surface area contributed by atoms with Crippen LogP contribution in [0, 0.1) is 0 Å². The molecule has 10 nitrogen and oxygen atoms in total. The number of hydrogen-bond acceptors (Lipinski definition) is 8. The maximum atomic E-state index is 5.98. The van der Waals surface area contributed by atoms with E-state index in [0.717, 1.165) is 5.56 Å². The lowest BCUT2D eigenvalue weighted by molar-refractivity contribution is 0.266. The van der Waals surface area contributed by atoms with Gasteiger partial charge in [0, 0.05) is 18.7 Å². The molecule has 0 N–H and O–H groups in total. The van der Waals surface area contributed by atoms with Crippen LogP contribution in [-0.4, -0.2) is 39.7 Å². The van der Waals surface area contributed by atoms with Crippen LogP contribution in [0.25, 0.3) is 17.2 Å². The van der Waals surface area contributed by atoms with Gasteiger partial charge in [0.2, 0.25) is 16.9 Å². The molecule has 4 rings (SSSR count). The number of nitrogens with zero attached hydrogens (tertiary/aromatic N) is 8. The van der Waals surface area contributed by atoms with Crippen LogP contribution in [0.15, 0.2) is 23.0 Å². The minimum absolute atomic E-state index is 0.159. The molecule has 0 amide bonds. The van der Waals surface area contributed by atoms with E-state index in [1.165, 1.54) is 6.33 Å². The van der Waals surface area contributed by atoms with Gasteiger partial charge in [-0.2, -0.15) is 9.61 Å². The molecule has 11 heteroatoms. The SMILES string of the molecule is Cn1ncnc1COc1nn2c(-c3cc(Cl)on3)nnc2cc1C(C)(C)C. The second-order valence-corrected chi connectivity index (χ2v) is 7.38. The van der Waals surface area contributed by atoms with Gasteiger partial charge in [-0.05, 0) is 23.1 Å². The van der Waals surface area contributed by atoms with Crippen LogP contribution in [0.3, 0.4) is 0 Å². The highest BCUT2D eigenvalue weighted by Crippen LogP contribution is 2.32. The third kappa shape index (κ3) is 3.23. The maximum Gasteiger partial charge on any atom is 0.236 e. The van der Waals surface area contributed by atoms with Crippen molar-refractivity contribution in [1.29, 1.82) is 0 Å². The van der Waals surface area contributed by atoms with E-state index in [2.05, 4.69) is 51.3 Å². The average Bonchev–Trinajstić information content (AvgIpc) is 3.31. The Balaban J connectivity index is 1.80. The molecule has 0 saturated carbocycles. The summed E-state index contributed by atoms with van der Waals surface area (Å²) in [6.45, 7) is 6.45. The summed E-state index contributed by atoms with van der Waals surface area (Å²) in [5, 5.41) is 21.0. The predicted molar refractivity (Wildman–Crippen MR) is 95.3 cm³/mol. The molecule has 0 bridgehead atoms. The van der Waals surface area contributed by atoms with Gasteiger partial charge < -0.3 is 9.26 Å². The lowest BCUT2D eigenvalue weighted by Gasteiger charge is -2.21. The van der Waals surface area contributed by atoms with Crippen molar-refractivity contribution in [2.45, 2.75) is 32.8 Å². The summed E-state index contributed by atoms with van der Waals surface area (Å²) in [6.07, 6.45) is 1.48. The molecule has 4 aromatic heterocycles. The standard InChI is InChI=1S/C16H17ClN8O2/c1-16(2,3)9-5-12-20-21-14(10-6-11(17)27-23-10)25(12)22-15(9)26-7-13-18-8-19-24(13)4/h5-6,8H,7H2,1-4H3. The molecule has 27 heavy (non-hydrogen) atoms. The number of fused-ring (bicyclic) bond motifs is 1. The van der Waals surface area contributed by atoms with Crippen molar-refractivity contribution in [1.82, 2.24) is 39.7 Å². The van der Waals surface area contributed by atoms with Crippen molar-refractivity contribution in [3.8, 4) is 17.4 Å². The van der Waals surface area contributed by atoms with E-state index in [1.807, 2.05) is 6.07 Å². The summed E-state index contributed by atoms with van der Waals surface area (Å²) in [6, 6.07) is 3.45. The molecule has 0 aliphatic carbocycles. The molecule has 0 aliphatic heterocycles. The second-order valence-electron chi connectivity index (χ2n) is 7.01. The highest BCUT2D eigenvalue weighted by Gasteiger charge is 2.24. The van der Waals surface area contributed by atoms with Crippen molar-refractivity contribution in [3.63, 3.8) is 0 Å². The third-order valence-electron chi connectivity index (χ3n) is 4.02. The summed E-state index contributed by atoms with van der Waals surface area (Å²) < 4.78 is 14.1. The summed E-state index contributed by atoms with van der Waals surface area (Å²) in [7, 11) is 1.80. The number of ether oxygens (including phenoxy) is 1. The minimum Gasteiger partial charge on any atom is -0.468 e. The van der Waals surface area contributed by atoms with Gasteiger partial charge in [0.05, 0.1) is 0 Å². The Kier molecular flexibility index (Phi) is 4.06. The molecule has 0 spiro atoms. The summed E-state index contributed by atoms with van der Waals surface area (Å²) in [5.41, 5.74) is 1.69. The van der Waals surface area contributed by atoms with Crippen molar-refractivity contribution >= 4 is 17.2 Å². The van der Waals surface area contributed by atoms with Crippen molar-refractivity contribution < 1.29 is 9.26 Å². The Morgan fingerprint density at radius 1 is 1.22 bits per heavy atom. The van der Waals surface area contributed by atoms with E-state index in [-0.39, 0.29) is 17.2 Å². The van der Waals surface area contributed by atoms with Crippen LogP contribution in [0.4, 0.5) is 0 Å². The van der Waals surface area contributed by atoms with Crippen molar-refractivity contribution in [2.75, 3.05) is 0 Å². The fourth-order valence-corrected chi connectivity index (χ4v) is 2.70. The third-order valence-corrected chi connectivity index (χ3v) is 4.20. The lowest BCUT2D eigenvalue weighted by Crippen LogP contribution is -2.17. The molecule has 0 aromatic carbocycles.